The van der Waals surface area contributed by atoms with Gasteiger partial charge in [0.05, 0.1) is 10.5 Å². The molecule has 6 heteroatoms. The van der Waals surface area contributed by atoms with Crippen LogP contribution in [-0.4, -0.2) is 33.4 Å². The van der Waals surface area contributed by atoms with Gasteiger partial charge in [0.2, 0.25) is 11.9 Å². The first-order valence-corrected chi connectivity index (χ1v) is 7.22. The van der Waals surface area contributed by atoms with Gasteiger partial charge in [-0.15, -0.1) is 0 Å². The van der Waals surface area contributed by atoms with Crippen LogP contribution in [0.25, 0.3) is 11.0 Å². The monoisotopic (exact) mass is 292 g/mol. The summed E-state index contributed by atoms with van der Waals surface area (Å²) >= 11 is 6.10. The van der Waals surface area contributed by atoms with E-state index in [1.807, 2.05) is 17.0 Å². The van der Waals surface area contributed by atoms with Gasteiger partial charge in [0, 0.05) is 13.1 Å². The maximum Gasteiger partial charge on any atom is 0.242 e. The Morgan fingerprint density at radius 3 is 2.80 bits per heavy atom. The Morgan fingerprint density at radius 2 is 2.05 bits per heavy atom. The highest BCUT2D eigenvalue weighted by Crippen LogP contribution is 2.25. The largest absolute Gasteiger partial charge is 0.369 e. The topological polar surface area (TPSA) is 64.1 Å². The summed E-state index contributed by atoms with van der Waals surface area (Å²) in [5.74, 6) is 0.425. The Bertz CT molecular complexity index is 646. The Hall–Kier alpha value is -1.75. The van der Waals surface area contributed by atoms with E-state index >= 15 is 0 Å². The van der Waals surface area contributed by atoms with Crippen LogP contribution in [0.3, 0.4) is 0 Å². The summed E-state index contributed by atoms with van der Waals surface area (Å²) < 4.78 is 1.73. The van der Waals surface area contributed by atoms with Crippen molar-refractivity contribution >= 4 is 34.5 Å². The first kappa shape index (κ1) is 13.2. The molecule has 0 atom stereocenters. The fraction of sp³-hybridized carbons (Fsp3) is 0.429. The minimum Gasteiger partial charge on any atom is -0.369 e. The summed E-state index contributed by atoms with van der Waals surface area (Å²) in [6.07, 6.45) is 3.37. The van der Waals surface area contributed by atoms with E-state index in [4.69, 9.17) is 17.3 Å². The summed E-state index contributed by atoms with van der Waals surface area (Å²) in [6, 6.07) is 5.49. The van der Waals surface area contributed by atoms with Crippen molar-refractivity contribution in [1.29, 1.82) is 0 Å². The zero-order valence-electron chi connectivity index (χ0n) is 11.2. The number of benzene rings is 1. The molecule has 20 heavy (non-hydrogen) atoms. The third-order valence-electron chi connectivity index (χ3n) is 3.76. The normalized spacial score (nSPS) is 15.8. The van der Waals surface area contributed by atoms with E-state index in [1.54, 1.807) is 10.6 Å². The molecule has 1 aliphatic rings. The number of amides is 1. The Labute approximate surface area is 122 Å². The number of imidazole rings is 1. The SMILES string of the molecule is Nc1nc2c(Cl)cccc2n1CC(=O)N1CCCCC1. The summed E-state index contributed by atoms with van der Waals surface area (Å²) in [6.45, 7) is 1.90. The van der Waals surface area contributed by atoms with E-state index in [-0.39, 0.29) is 12.5 Å². The second-order valence-corrected chi connectivity index (χ2v) is 5.51. The number of rotatable bonds is 2. The van der Waals surface area contributed by atoms with Crippen LogP contribution < -0.4 is 5.73 Å². The number of nitrogens with two attached hydrogens (primary N) is 1. The van der Waals surface area contributed by atoms with Crippen LogP contribution in [0.2, 0.25) is 5.02 Å². The first-order valence-electron chi connectivity index (χ1n) is 6.85. The summed E-state index contributed by atoms with van der Waals surface area (Å²) in [5.41, 5.74) is 7.38. The lowest BCUT2D eigenvalue weighted by Crippen LogP contribution is -2.37. The van der Waals surface area contributed by atoms with Crippen LogP contribution in [0, 0.1) is 0 Å². The van der Waals surface area contributed by atoms with Crippen LogP contribution in [0.1, 0.15) is 19.3 Å². The molecule has 0 unspecified atom stereocenters. The molecule has 3 rings (SSSR count). The highest BCUT2D eigenvalue weighted by atomic mass is 35.5. The van der Waals surface area contributed by atoms with Gasteiger partial charge in [-0.3, -0.25) is 4.79 Å². The van der Waals surface area contributed by atoms with Crippen molar-refractivity contribution in [2.45, 2.75) is 25.8 Å². The lowest BCUT2D eigenvalue weighted by atomic mass is 10.1. The van der Waals surface area contributed by atoms with E-state index in [0.717, 1.165) is 31.4 Å². The number of hydrogen-bond acceptors (Lipinski definition) is 3. The average Bonchev–Trinajstić information content (AvgIpc) is 2.78. The van der Waals surface area contributed by atoms with Crippen molar-refractivity contribution < 1.29 is 4.79 Å². The first-order chi connectivity index (χ1) is 9.66. The van der Waals surface area contributed by atoms with Gasteiger partial charge < -0.3 is 15.2 Å². The van der Waals surface area contributed by atoms with Gasteiger partial charge in [-0.25, -0.2) is 4.98 Å². The van der Waals surface area contributed by atoms with Crippen LogP contribution in [0.5, 0.6) is 0 Å². The van der Waals surface area contributed by atoms with Crippen LogP contribution in [0.4, 0.5) is 5.95 Å². The number of para-hydroxylation sites is 1. The number of nitrogen functional groups attached to an aromatic ring is 1. The second kappa shape index (κ2) is 5.32. The van der Waals surface area contributed by atoms with Crippen LogP contribution in [-0.2, 0) is 11.3 Å². The average molecular weight is 293 g/mol. The van der Waals surface area contributed by atoms with Gasteiger partial charge in [-0.2, -0.15) is 0 Å². The van der Waals surface area contributed by atoms with E-state index in [9.17, 15) is 4.79 Å². The van der Waals surface area contributed by atoms with E-state index < -0.39 is 0 Å². The number of halogens is 1. The smallest absolute Gasteiger partial charge is 0.242 e. The van der Waals surface area contributed by atoms with Gasteiger partial charge in [0.25, 0.3) is 0 Å². The molecule has 1 fully saturated rings. The number of anilines is 1. The molecule has 1 aliphatic heterocycles. The number of piperidine rings is 1. The molecule has 2 N–H and O–H groups in total. The predicted molar refractivity (Wildman–Crippen MR) is 79.6 cm³/mol. The Kier molecular flexibility index (Phi) is 3.53. The molecular weight excluding hydrogens is 276 g/mol. The molecule has 1 aromatic carbocycles. The maximum atomic E-state index is 12.3. The Morgan fingerprint density at radius 1 is 1.30 bits per heavy atom. The number of carbonyl (C=O) groups is 1. The number of fused-ring (bicyclic) bond motifs is 1. The molecule has 1 amide bonds. The van der Waals surface area contributed by atoms with E-state index in [1.165, 1.54) is 6.42 Å². The highest BCUT2D eigenvalue weighted by Gasteiger charge is 2.19. The number of likely N-dealkylation sites (tertiary alicyclic amines) is 1. The maximum absolute atomic E-state index is 12.3. The number of carbonyl (C=O) groups excluding carboxylic acids is 1. The van der Waals surface area contributed by atoms with Gasteiger partial charge in [0.15, 0.2) is 0 Å². The molecule has 0 bridgehead atoms. The second-order valence-electron chi connectivity index (χ2n) is 5.11. The third-order valence-corrected chi connectivity index (χ3v) is 4.07. The zero-order chi connectivity index (χ0) is 14.1. The van der Waals surface area contributed by atoms with Crippen LogP contribution in [0.15, 0.2) is 18.2 Å². The van der Waals surface area contributed by atoms with Crippen molar-refractivity contribution in [1.82, 2.24) is 14.5 Å². The molecule has 0 radical (unpaired) electrons. The summed E-state index contributed by atoms with van der Waals surface area (Å²) in [7, 11) is 0. The van der Waals surface area contributed by atoms with Crippen molar-refractivity contribution in [3.05, 3.63) is 23.2 Å². The molecular formula is C14H17ClN4O. The van der Waals surface area contributed by atoms with Gasteiger partial charge in [-0.1, -0.05) is 17.7 Å². The fourth-order valence-electron chi connectivity index (χ4n) is 2.68. The molecule has 106 valence electrons. The van der Waals surface area contributed by atoms with Gasteiger partial charge in [0.1, 0.15) is 12.1 Å². The lowest BCUT2D eigenvalue weighted by molar-refractivity contribution is -0.132. The third kappa shape index (κ3) is 2.33. The number of aromatic nitrogens is 2. The van der Waals surface area contributed by atoms with E-state index in [0.29, 0.717) is 16.5 Å². The van der Waals surface area contributed by atoms with Crippen molar-refractivity contribution in [3.63, 3.8) is 0 Å². The molecule has 1 saturated heterocycles. The molecule has 1 aromatic heterocycles. The lowest BCUT2D eigenvalue weighted by Gasteiger charge is -2.27. The van der Waals surface area contributed by atoms with Crippen LogP contribution >= 0.6 is 11.6 Å². The molecule has 2 heterocycles. The highest BCUT2D eigenvalue weighted by molar-refractivity contribution is 6.35. The zero-order valence-corrected chi connectivity index (χ0v) is 11.9. The Balaban J connectivity index is 1.88. The molecule has 2 aromatic rings. The molecule has 0 saturated carbocycles. The number of nitrogens with zero attached hydrogens (tertiary/aromatic N) is 3. The van der Waals surface area contributed by atoms with Gasteiger partial charge >= 0.3 is 0 Å². The standard InChI is InChI=1S/C14H17ClN4O/c15-10-5-4-6-11-13(10)17-14(16)19(11)9-12(20)18-7-2-1-3-8-18/h4-6H,1-3,7-9H2,(H2,16,17). The van der Waals surface area contributed by atoms with Crippen molar-refractivity contribution in [2.75, 3.05) is 18.8 Å². The van der Waals surface area contributed by atoms with Gasteiger partial charge in [-0.05, 0) is 31.4 Å². The summed E-state index contributed by atoms with van der Waals surface area (Å²) in [4.78, 5) is 18.5. The minimum atomic E-state index is 0.0932. The molecule has 5 nitrogen and oxygen atoms in total. The fourth-order valence-corrected chi connectivity index (χ4v) is 2.89. The predicted octanol–water partition coefficient (Wildman–Crippen LogP) is 2.28. The van der Waals surface area contributed by atoms with E-state index in [2.05, 4.69) is 4.98 Å². The summed E-state index contributed by atoms with van der Waals surface area (Å²) in [5, 5.41) is 0.554. The number of hydrogen-bond donors (Lipinski definition) is 1. The quantitative estimate of drug-likeness (QED) is 0.923. The van der Waals surface area contributed by atoms with Crippen molar-refractivity contribution in [3.8, 4) is 0 Å². The molecule has 0 spiro atoms. The molecule has 0 aliphatic carbocycles. The minimum absolute atomic E-state index is 0.0932. The van der Waals surface area contributed by atoms with Crippen molar-refractivity contribution in [2.24, 2.45) is 0 Å².